The minimum atomic E-state index is -1.33. The van der Waals surface area contributed by atoms with Crippen LogP contribution in [-0.4, -0.2) is 33.1 Å². The molecule has 114 valence electrons. The van der Waals surface area contributed by atoms with Crippen molar-refractivity contribution in [3.8, 4) is 0 Å². The predicted octanol–water partition coefficient (Wildman–Crippen LogP) is 0.942. The van der Waals surface area contributed by atoms with Crippen molar-refractivity contribution in [2.24, 2.45) is 11.0 Å². The zero-order chi connectivity index (χ0) is 14.7. The van der Waals surface area contributed by atoms with E-state index in [1.54, 1.807) is 6.92 Å². The van der Waals surface area contributed by atoms with Gasteiger partial charge in [-0.2, -0.15) is 17.7 Å². The fourth-order valence-electron chi connectivity index (χ4n) is 1.65. The largest absolute Gasteiger partial charge is 0.547 e. The summed E-state index contributed by atoms with van der Waals surface area (Å²) in [6.07, 6.45) is 0. The molecule has 0 bridgehead atoms. The Labute approximate surface area is 132 Å². The van der Waals surface area contributed by atoms with E-state index in [0.717, 1.165) is 22.3 Å². The molecular weight excluding hydrogens is 310 g/mol. The van der Waals surface area contributed by atoms with Crippen LogP contribution in [0.5, 0.6) is 0 Å². The van der Waals surface area contributed by atoms with E-state index in [4.69, 9.17) is 0 Å². The number of carbonyl (C=O) groups excluding carboxylic acids is 2. The second-order valence-corrected chi connectivity index (χ2v) is 5.76. The number of carbonyl (C=O) groups is 2. The number of benzene rings is 1. The third-order valence-electron chi connectivity index (χ3n) is 2.79. The Hall–Kier alpha value is -1.51. The molecule has 2 rings (SSSR count). The number of hydrogen-bond acceptors (Lipinski definition) is 6. The Morgan fingerprint density at radius 3 is 2.57 bits per heavy atom. The number of thiol groups is 1. The van der Waals surface area contributed by atoms with E-state index in [0.29, 0.717) is 10.8 Å². The van der Waals surface area contributed by atoms with Gasteiger partial charge in [-0.15, -0.1) is 0 Å². The maximum absolute atomic E-state index is 12.1. The summed E-state index contributed by atoms with van der Waals surface area (Å²) in [7, 11) is 0. The monoisotopic (exact) mass is 327 g/mol. The Morgan fingerprint density at radius 1 is 1.43 bits per heavy atom. The van der Waals surface area contributed by atoms with Crippen LogP contribution in [-0.2, 0) is 9.59 Å². The fraction of sp³-hybridized carbons (Fsp3) is 0.308. The van der Waals surface area contributed by atoms with Gasteiger partial charge in [0, 0.05) is 17.2 Å². The van der Waals surface area contributed by atoms with Gasteiger partial charge in [-0.1, -0.05) is 49.0 Å². The molecule has 0 aromatic heterocycles. The van der Waals surface area contributed by atoms with Crippen LogP contribution >= 0.6 is 24.4 Å². The summed E-state index contributed by atoms with van der Waals surface area (Å²) in [5, 5.41) is 15.7. The first-order valence-electron chi connectivity index (χ1n) is 6.00. The van der Waals surface area contributed by atoms with Crippen LogP contribution in [0.4, 0.5) is 0 Å². The first kappa shape index (κ1) is 17.5. The molecule has 2 atom stereocenters. The smallest absolute Gasteiger partial charge is 0.247 e. The molecule has 1 amide bonds. The summed E-state index contributed by atoms with van der Waals surface area (Å²) in [4.78, 5) is 23.3. The summed E-state index contributed by atoms with van der Waals surface area (Å²) in [5.74, 6) is -1.77. The molecule has 1 aliphatic heterocycles. The van der Waals surface area contributed by atoms with Crippen LogP contribution in [0.1, 0.15) is 12.5 Å². The summed E-state index contributed by atoms with van der Waals surface area (Å²) >= 11 is 5.06. The molecule has 0 saturated heterocycles. The average Bonchev–Trinajstić information content (AvgIpc) is 2.92. The van der Waals surface area contributed by atoms with Crippen molar-refractivity contribution in [1.29, 1.82) is 0 Å². The first-order chi connectivity index (χ1) is 9.54. The number of hydrazone groups is 1. The molecule has 1 heterocycles. The highest BCUT2D eigenvalue weighted by atomic mass is 32.2. The van der Waals surface area contributed by atoms with Gasteiger partial charge in [-0.3, -0.25) is 4.79 Å². The highest BCUT2D eigenvalue weighted by Crippen LogP contribution is 2.30. The van der Waals surface area contributed by atoms with E-state index in [1.807, 2.05) is 30.3 Å². The van der Waals surface area contributed by atoms with E-state index in [2.05, 4.69) is 17.7 Å². The quantitative estimate of drug-likeness (QED) is 0.802. The molecule has 0 radical (unpaired) electrons. The summed E-state index contributed by atoms with van der Waals surface area (Å²) in [6.45, 7) is 1.68. The van der Waals surface area contributed by atoms with Crippen molar-refractivity contribution in [1.82, 2.24) is 11.2 Å². The Kier molecular flexibility index (Phi) is 6.25. The Bertz CT molecular complexity index is 551. The lowest BCUT2D eigenvalue weighted by molar-refractivity contribution is -0.307. The average molecular weight is 327 g/mol. The maximum Gasteiger partial charge on any atom is 0.247 e. The van der Waals surface area contributed by atoms with Gasteiger partial charge in [0.25, 0.3) is 0 Å². The van der Waals surface area contributed by atoms with Crippen molar-refractivity contribution in [2.75, 3.05) is 5.75 Å². The third-order valence-corrected chi connectivity index (χ3v) is 4.49. The number of carboxylic acids is 1. The van der Waals surface area contributed by atoms with Crippen molar-refractivity contribution in [3.05, 3.63) is 35.9 Å². The molecular formula is C13H17N3O3S2. The van der Waals surface area contributed by atoms with E-state index < -0.39 is 17.3 Å². The second-order valence-electron chi connectivity index (χ2n) is 4.33. The summed E-state index contributed by atoms with van der Waals surface area (Å²) in [6, 6.07) is 9.13. The number of amides is 1. The number of hydrogen-bond donors (Lipinski definition) is 2. The number of thioether (sulfide) groups is 1. The van der Waals surface area contributed by atoms with Crippen LogP contribution in [0, 0.1) is 5.92 Å². The standard InChI is InChI=1S/C13H14N2O3S2.H3N/c1-8(7-19)11(16)15-12(13(17)18)20-10(14-15)9-5-3-2-4-6-9;/h2-6,8,12,19H,7H2,1H3,(H,17,18);1H3/t8-,12+;/m1./s1. The van der Waals surface area contributed by atoms with E-state index in [1.165, 1.54) is 0 Å². The molecule has 0 aliphatic carbocycles. The predicted molar refractivity (Wildman–Crippen MR) is 85.2 cm³/mol. The van der Waals surface area contributed by atoms with Crippen molar-refractivity contribution in [2.45, 2.75) is 12.3 Å². The van der Waals surface area contributed by atoms with Crippen LogP contribution in [0.15, 0.2) is 35.4 Å². The van der Waals surface area contributed by atoms with Gasteiger partial charge in [0.2, 0.25) is 5.91 Å². The highest BCUT2D eigenvalue weighted by molar-refractivity contribution is 8.15. The van der Waals surface area contributed by atoms with Gasteiger partial charge in [0.1, 0.15) is 10.4 Å². The van der Waals surface area contributed by atoms with E-state index in [-0.39, 0.29) is 12.1 Å². The topological polar surface area (TPSA) is 109 Å². The lowest BCUT2D eigenvalue weighted by Crippen LogP contribution is -2.46. The first-order valence-corrected chi connectivity index (χ1v) is 7.51. The van der Waals surface area contributed by atoms with E-state index >= 15 is 0 Å². The normalized spacial score (nSPS) is 18.7. The molecule has 21 heavy (non-hydrogen) atoms. The van der Waals surface area contributed by atoms with Crippen molar-refractivity contribution < 1.29 is 14.7 Å². The fourth-order valence-corrected chi connectivity index (χ4v) is 2.77. The van der Waals surface area contributed by atoms with Gasteiger partial charge in [0.15, 0.2) is 0 Å². The molecule has 0 spiro atoms. The van der Waals surface area contributed by atoms with Crippen LogP contribution < -0.4 is 11.3 Å². The molecule has 6 nitrogen and oxygen atoms in total. The molecule has 4 N–H and O–H groups in total. The number of aliphatic carboxylic acids is 1. The van der Waals surface area contributed by atoms with Gasteiger partial charge in [-0.25, -0.2) is 5.01 Å². The SMILES string of the molecule is C[C@H](CS)C(=O)N1N=C(c2ccccc2)S[C@H]1C(=O)[O-].[NH4+]. The number of carboxylic acid groups (broad SMARTS) is 1. The lowest BCUT2D eigenvalue weighted by Gasteiger charge is -2.23. The minimum Gasteiger partial charge on any atom is -0.547 e. The number of nitrogens with zero attached hydrogens (tertiary/aromatic N) is 2. The number of rotatable bonds is 4. The Morgan fingerprint density at radius 2 is 2.05 bits per heavy atom. The van der Waals surface area contributed by atoms with Gasteiger partial charge in [0.05, 0.1) is 5.97 Å². The second kappa shape index (κ2) is 7.48. The number of quaternary nitrogens is 1. The highest BCUT2D eigenvalue weighted by Gasteiger charge is 2.35. The van der Waals surface area contributed by atoms with Gasteiger partial charge < -0.3 is 16.1 Å². The summed E-state index contributed by atoms with van der Waals surface area (Å²) in [5.41, 5.74) is 0.776. The molecule has 8 heteroatoms. The molecule has 1 aliphatic rings. The molecule has 1 aromatic carbocycles. The lowest BCUT2D eigenvalue weighted by atomic mass is 10.2. The van der Waals surface area contributed by atoms with Crippen LogP contribution in [0.2, 0.25) is 0 Å². The van der Waals surface area contributed by atoms with Crippen molar-refractivity contribution in [3.63, 3.8) is 0 Å². The Balaban J connectivity index is 0.00000220. The molecule has 0 fully saturated rings. The molecule has 1 aromatic rings. The zero-order valence-corrected chi connectivity index (χ0v) is 13.4. The molecule has 0 saturated carbocycles. The maximum atomic E-state index is 12.1. The molecule has 0 unspecified atom stereocenters. The van der Waals surface area contributed by atoms with Crippen LogP contribution in [0.25, 0.3) is 0 Å². The van der Waals surface area contributed by atoms with Gasteiger partial charge >= 0.3 is 0 Å². The van der Waals surface area contributed by atoms with Gasteiger partial charge in [-0.05, 0) is 0 Å². The van der Waals surface area contributed by atoms with E-state index in [9.17, 15) is 14.7 Å². The van der Waals surface area contributed by atoms with Crippen LogP contribution in [0.3, 0.4) is 0 Å². The minimum absolute atomic E-state index is 0. The third kappa shape index (κ3) is 3.78. The zero-order valence-electron chi connectivity index (χ0n) is 11.7. The van der Waals surface area contributed by atoms with Crippen molar-refractivity contribution >= 4 is 41.3 Å². The summed E-state index contributed by atoms with van der Waals surface area (Å²) < 4.78 is 0.